The molecule has 0 aliphatic carbocycles. The van der Waals surface area contributed by atoms with Gasteiger partial charge in [0, 0.05) is 16.6 Å². The highest BCUT2D eigenvalue weighted by Gasteiger charge is 2.21. The molecule has 0 unspecified atom stereocenters. The number of aromatic nitrogens is 1. The van der Waals surface area contributed by atoms with Crippen LogP contribution in [0, 0.1) is 6.92 Å². The number of benzene rings is 1. The van der Waals surface area contributed by atoms with E-state index in [9.17, 15) is 8.42 Å². The molecule has 0 spiro atoms. The van der Waals surface area contributed by atoms with E-state index < -0.39 is 10.0 Å². The maximum absolute atomic E-state index is 12.6. The second-order valence-corrected chi connectivity index (χ2v) is 7.88. The molecule has 0 aliphatic heterocycles. The molecule has 126 valence electrons. The fourth-order valence-corrected chi connectivity index (χ4v) is 4.80. The highest BCUT2D eigenvalue weighted by atomic mass is 32.2. The van der Waals surface area contributed by atoms with Gasteiger partial charge in [-0.25, -0.2) is 8.42 Å². The lowest BCUT2D eigenvalue weighted by Gasteiger charge is -2.08. The van der Waals surface area contributed by atoms with Crippen molar-refractivity contribution in [3.8, 4) is 16.4 Å². The Morgan fingerprint density at radius 3 is 2.62 bits per heavy atom. The van der Waals surface area contributed by atoms with E-state index in [0.29, 0.717) is 28.7 Å². The summed E-state index contributed by atoms with van der Waals surface area (Å²) in [6.45, 7) is 4.21. The molecule has 0 saturated heterocycles. The van der Waals surface area contributed by atoms with E-state index in [2.05, 4.69) is 9.88 Å². The number of rotatable bonds is 6. The fraction of sp³-hybridized carbons (Fsp3) is 0.188. The Morgan fingerprint density at radius 2 is 2.00 bits per heavy atom. The zero-order valence-electron chi connectivity index (χ0n) is 13.1. The number of aryl methyl sites for hydroxylation is 1. The number of nitrogens with one attached hydrogen (secondary N) is 1. The maximum Gasteiger partial charge on any atom is 0.263 e. The molecular formula is C16H16N2O4S2. The van der Waals surface area contributed by atoms with Crippen molar-refractivity contribution in [3.63, 3.8) is 0 Å². The van der Waals surface area contributed by atoms with Gasteiger partial charge in [-0.2, -0.15) is 0 Å². The minimum atomic E-state index is -3.68. The fourth-order valence-electron chi connectivity index (χ4n) is 2.19. The van der Waals surface area contributed by atoms with Crippen LogP contribution in [0.3, 0.4) is 0 Å². The average molecular weight is 364 g/mol. The summed E-state index contributed by atoms with van der Waals surface area (Å²) in [7, 11) is -3.68. The summed E-state index contributed by atoms with van der Waals surface area (Å²) in [6, 6.07) is 10.1. The van der Waals surface area contributed by atoms with E-state index in [4.69, 9.17) is 9.26 Å². The molecule has 0 amide bonds. The van der Waals surface area contributed by atoms with Crippen molar-refractivity contribution in [3.05, 3.63) is 47.5 Å². The third kappa shape index (κ3) is 3.44. The van der Waals surface area contributed by atoms with Gasteiger partial charge in [-0.1, -0.05) is 5.16 Å². The molecule has 3 aromatic rings. The van der Waals surface area contributed by atoms with Crippen LogP contribution in [-0.2, 0) is 10.0 Å². The van der Waals surface area contributed by atoms with Crippen LogP contribution >= 0.6 is 11.3 Å². The number of thiophene rings is 1. The summed E-state index contributed by atoms with van der Waals surface area (Å²) >= 11 is 1.35. The van der Waals surface area contributed by atoms with Crippen LogP contribution in [0.4, 0.5) is 5.69 Å². The van der Waals surface area contributed by atoms with Gasteiger partial charge in [-0.3, -0.25) is 4.72 Å². The zero-order valence-corrected chi connectivity index (χ0v) is 14.8. The molecule has 0 fully saturated rings. The summed E-state index contributed by atoms with van der Waals surface area (Å²) in [5, 5.41) is 3.65. The van der Waals surface area contributed by atoms with Gasteiger partial charge in [-0.05, 0) is 44.2 Å². The van der Waals surface area contributed by atoms with Gasteiger partial charge in [0.1, 0.15) is 10.6 Å². The largest absolute Gasteiger partial charge is 0.494 e. The molecule has 0 atom stereocenters. The molecule has 1 N–H and O–H groups in total. The molecule has 0 saturated carbocycles. The number of sulfonamides is 1. The van der Waals surface area contributed by atoms with Gasteiger partial charge in [0.25, 0.3) is 10.0 Å². The van der Waals surface area contributed by atoms with Gasteiger partial charge < -0.3 is 9.26 Å². The van der Waals surface area contributed by atoms with Crippen molar-refractivity contribution in [1.82, 2.24) is 5.16 Å². The summed E-state index contributed by atoms with van der Waals surface area (Å²) in [5.74, 6) is 1.24. The van der Waals surface area contributed by atoms with Crippen LogP contribution in [0.15, 0.2) is 52.0 Å². The molecule has 2 heterocycles. The quantitative estimate of drug-likeness (QED) is 0.717. The first-order valence-corrected chi connectivity index (χ1v) is 9.57. The van der Waals surface area contributed by atoms with Gasteiger partial charge >= 0.3 is 0 Å². The third-order valence-corrected chi connectivity index (χ3v) is 5.96. The van der Waals surface area contributed by atoms with Crippen LogP contribution in [0.1, 0.15) is 11.8 Å². The molecule has 8 heteroatoms. The number of anilines is 1. The van der Waals surface area contributed by atoms with Crippen molar-refractivity contribution < 1.29 is 17.7 Å². The zero-order chi connectivity index (χ0) is 17.2. The maximum atomic E-state index is 12.6. The Morgan fingerprint density at radius 1 is 1.25 bits per heavy atom. The topological polar surface area (TPSA) is 81.4 Å². The van der Waals surface area contributed by atoms with Crippen molar-refractivity contribution in [2.45, 2.75) is 18.7 Å². The standard InChI is InChI=1S/C16H16N2O4S2/c1-3-21-13-6-4-12(5-7-13)18-24(19,20)16-10-15(23-11(16)2)14-8-9-17-22-14/h4-10,18H,3H2,1-2H3. The van der Waals surface area contributed by atoms with Crippen molar-refractivity contribution in [1.29, 1.82) is 0 Å². The Hall–Kier alpha value is -2.32. The van der Waals surface area contributed by atoms with Crippen molar-refractivity contribution in [2.75, 3.05) is 11.3 Å². The first-order valence-electron chi connectivity index (χ1n) is 7.27. The number of ether oxygens (including phenoxy) is 1. The van der Waals surface area contributed by atoms with E-state index in [1.54, 1.807) is 43.3 Å². The van der Waals surface area contributed by atoms with E-state index in [0.717, 1.165) is 4.88 Å². The van der Waals surface area contributed by atoms with Crippen LogP contribution < -0.4 is 9.46 Å². The summed E-state index contributed by atoms with van der Waals surface area (Å²) in [6.07, 6.45) is 1.52. The van der Waals surface area contributed by atoms with Gasteiger partial charge in [-0.15, -0.1) is 11.3 Å². The minimum absolute atomic E-state index is 0.229. The molecular weight excluding hydrogens is 348 g/mol. The normalized spacial score (nSPS) is 11.4. The Balaban J connectivity index is 1.85. The monoisotopic (exact) mass is 364 g/mol. The summed E-state index contributed by atoms with van der Waals surface area (Å²) in [5.41, 5.74) is 0.477. The highest BCUT2D eigenvalue weighted by Crippen LogP contribution is 2.34. The van der Waals surface area contributed by atoms with Crippen molar-refractivity contribution in [2.24, 2.45) is 0 Å². The lowest BCUT2D eigenvalue weighted by atomic mass is 10.3. The summed E-state index contributed by atoms with van der Waals surface area (Å²) in [4.78, 5) is 1.63. The number of hydrogen-bond acceptors (Lipinski definition) is 6. The second kappa shape index (κ2) is 6.66. The third-order valence-electron chi connectivity index (χ3n) is 3.26. The van der Waals surface area contributed by atoms with E-state index in [-0.39, 0.29) is 4.90 Å². The van der Waals surface area contributed by atoms with Crippen LogP contribution in [0.5, 0.6) is 5.75 Å². The lowest BCUT2D eigenvalue weighted by molar-refractivity contribution is 0.340. The molecule has 0 bridgehead atoms. The molecule has 6 nitrogen and oxygen atoms in total. The van der Waals surface area contributed by atoms with E-state index in [1.165, 1.54) is 17.5 Å². The summed E-state index contributed by atoms with van der Waals surface area (Å²) < 4.78 is 38.3. The Bertz CT molecular complexity index is 914. The number of nitrogens with zero attached hydrogens (tertiary/aromatic N) is 1. The predicted octanol–water partition coefficient (Wildman–Crippen LogP) is 3.91. The average Bonchev–Trinajstić information content (AvgIpc) is 3.18. The molecule has 0 radical (unpaired) electrons. The smallest absolute Gasteiger partial charge is 0.263 e. The van der Waals surface area contributed by atoms with E-state index >= 15 is 0 Å². The van der Waals surface area contributed by atoms with Gasteiger partial charge in [0.05, 0.1) is 17.7 Å². The Kier molecular flexibility index (Phi) is 4.59. The first kappa shape index (κ1) is 16.5. The van der Waals surface area contributed by atoms with Crippen molar-refractivity contribution >= 4 is 27.0 Å². The lowest BCUT2D eigenvalue weighted by Crippen LogP contribution is -2.13. The minimum Gasteiger partial charge on any atom is -0.494 e. The molecule has 3 rings (SSSR count). The van der Waals surface area contributed by atoms with Crippen LogP contribution in [0.2, 0.25) is 0 Å². The molecule has 2 aromatic heterocycles. The predicted molar refractivity (Wildman–Crippen MR) is 93.0 cm³/mol. The first-order chi connectivity index (χ1) is 11.5. The SMILES string of the molecule is CCOc1ccc(NS(=O)(=O)c2cc(-c3ccno3)sc2C)cc1. The van der Waals surface area contributed by atoms with E-state index in [1.807, 2.05) is 6.92 Å². The van der Waals surface area contributed by atoms with Gasteiger partial charge in [0.15, 0.2) is 5.76 Å². The van der Waals surface area contributed by atoms with Gasteiger partial charge in [0.2, 0.25) is 0 Å². The second-order valence-electron chi connectivity index (χ2n) is 4.97. The highest BCUT2D eigenvalue weighted by molar-refractivity contribution is 7.93. The Labute approximate surface area is 144 Å². The molecule has 1 aromatic carbocycles. The molecule has 0 aliphatic rings. The molecule has 24 heavy (non-hydrogen) atoms. The van der Waals surface area contributed by atoms with Crippen LogP contribution in [0.25, 0.3) is 10.6 Å². The number of hydrogen-bond donors (Lipinski definition) is 1. The van der Waals surface area contributed by atoms with Crippen LogP contribution in [-0.4, -0.2) is 20.2 Å².